The average molecular weight is 640 g/mol. The maximum Gasteiger partial charge on any atom is 0.490 e. The number of carbonyl (C=O) groups is 3. The van der Waals surface area contributed by atoms with E-state index >= 15 is 0 Å². The third-order valence-electron chi connectivity index (χ3n) is 7.00. The fourth-order valence-electron chi connectivity index (χ4n) is 4.82. The minimum absolute atomic E-state index is 0.0172. The Hall–Kier alpha value is -4.35. The van der Waals surface area contributed by atoms with E-state index in [-0.39, 0.29) is 29.0 Å². The highest BCUT2D eigenvalue weighted by atomic mass is 32.2. The number of likely N-dealkylation sites (N-methyl/N-ethyl adjacent to an activating group) is 1. The Bertz CT molecular complexity index is 1630. The van der Waals surface area contributed by atoms with Gasteiger partial charge in [-0.15, -0.1) is 0 Å². The van der Waals surface area contributed by atoms with Gasteiger partial charge in [0.15, 0.2) is 9.84 Å². The van der Waals surface area contributed by atoms with Crippen molar-refractivity contribution in [2.24, 2.45) is 0 Å². The Balaban J connectivity index is 0.000000566. The first-order valence-electron chi connectivity index (χ1n) is 13.1. The van der Waals surface area contributed by atoms with Crippen molar-refractivity contribution in [1.82, 2.24) is 19.9 Å². The molecule has 0 unspecified atom stereocenters. The molecule has 44 heavy (non-hydrogen) atoms. The standard InChI is InChI=1S/C25H27N5O6S.C2HF3O2/c1-29(24(33)10-16-5-6-22-20(9-16)27-23(32)14-37(22,34)35)21(13-30-8-7-19(31)12-30)17-3-2-4-18(11-17)25-26-15-36-28-25;3-2(4,5)1(6)7/h2-6,9,11,15,19,21,31H,7-8,10,12-14H2,1H3,(H,27,32);(H,6,7)/t19-,21+;/m0./s1. The van der Waals surface area contributed by atoms with Crippen molar-refractivity contribution in [1.29, 1.82) is 0 Å². The number of carboxylic acids is 1. The quantitative estimate of drug-likeness (QED) is 0.343. The van der Waals surface area contributed by atoms with Crippen molar-refractivity contribution < 1.29 is 50.7 Å². The van der Waals surface area contributed by atoms with E-state index in [1.54, 1.807) is 24.1 Å². The Labute approximate surface area is 249 Å². The number of aliphatic hydroxyl groups is 1. The molecule has 0 bridgehead atoms. The van der Waals surface area contributed by atoms with Crippen LogP contribution < -0.4 is 5.32 Å². The normalized spacial score (nSPS) is 18.4. The van der Waals surface area contributed by atoms with Gasteiger partial charge < -0.3 is 25.0 Å². The Morgan fingerprint density at radius 2 is 1.95 bits per heavy atom. The number of halogens is 3. The van der Waals surface area contributed by atoms with Crippen LogP contribution in [-0.2, 0) is 30.6 Å². The van der Waals surface area contributed by atoms with Crippen LogP contribution in [0.4, 0.5) is 18.9 Å². The van der Waals surface area contributed by atoms with E-state index in [2.05, 4.69) is 20.4 Å². The summed E-state index contributed by atoms with van der Waals surface area (Å²) in [5, 5.41) is 23.6. The Morgan fingerprint density at radius 3 is 2.57 bits per heavy atom. The molecule has 1 aromatic heterocycles. The van der Waals surface area contributed by atoms with Crippen molar-refractivity contribution >= 4 is 33.3 Å². The smallest absolute Gasteiger partial charge is 0.475 e. The summed E-state index contributed by atoms with van der Waals surface area (Å²) in [7, 11) is -1.97. The van der Waals surface area contributed by atoms with Gasteiger partial charge in [0.1, 0.15) is 5.75 Å². The molecule has 236 valence electrons. The predicted octanol–water partition coefficient (Wildman–Crippen LogP) is 1.90. The van der Waals surface area contributed by atoms with Gasteiger partial charge in [0.05, 0.1) is 29.1 Å². The molecule has 2 atom stereocenters. The number of benzene rings is 2. The summed E-state index contributed by atoms with van der Waals surface area (Å²) in [6.45, 7) is 1.78. The number of rotatable bonds is 7. The number of aromatic nitrogens is 2. The summed E-state index contributed by atoms with van der Waals surface area (Å²) >= 11 is 0. The van der Waals surface area contributed by atoms with Gasteiger partial charge in [0.2, 0.25) is 24.0 Å². The zero-order chi connectivity index (χ0) is 32.2. The summed E-state index contributed by atoms with van der Waals surface area (Å²) in [6, 6.07) is 11.8. The van der Waals surface area contributed by atoms with Gasteiger partial charge in [-0.05, 0) is 35.7 Å². The summed E-state index contributed by atoms with van der Waals surface area (Å²) in [4.78, 5) is 42.1. The molecule has 0 saturated carbocycles. The van der Waals surface area contributed by atoms with Gasteiger partial charge in [-0.1, -0.05) is 29.4 Å². The van der Waals surface area contributed by atoms with Gasteiger partial charge in [-0.2, -0.15) is 18.2 Å². The van der Waals surface area contributed by atoms with Crippen molar-refractivity contribution in [3.05, 3.63) is 60.0 Å². The molecule has 17 heteroatoms. The predicted molar refractivity (Wildman–Crippen MR) is 147 cm³/mol. The molecule has 0 radical (unpaired) electrons. The third-order valence-corrected chi connectivity index (χ3v) is 8.67. The number of fused-ring (bicyclic) bond motifs is 1. The lowest BCUT2D eigenvalue weighted by Gasteiger charge is -2.32. The summed E-state index contributed by atoms with van der Waals surface area (Å²) < 4.78 is 61.2. The van der Waals surface area contributed by atoms with Crippen molar-refractivity contribution in [3.8, 4) is 11.4 Å². The molecule has 13 nitrogen and oxygen atoms in total. The Morgan fingerprint density at radius 1 is 1.23 bits per heavy atom. The van der Waals surface area contributed by atoms with Gasteiger partial charge >= 0.3 is 12.1 Å². The van der Waals surface area contributed by atoms with E-state index in [0.29, 0.717) is 30.9 Å². The van der Waals surface area contributed by atoms with E-state index in [4.69, 9.17) is 14.4 Å². The second-order valence-corrected chi connectivity index (χ2v) is 12.2. The van der Waals surface area contributed by atoms with Crippen LogP contribution in [0.15, 0.2) is 58.3 Å². The van der Waals surface area contributed by atoms with Crippen LogP contribution in [0.2, 0.25) is 0 Å². The van der Waals surface area contributed by atoms with Crippen LogP contribution in [0.3, 0.4) is 0 Å². The van der Waals surface area contributed by atoms with Crippen molar-refractivity contribution in [2.45, 2.75) is 36.1 Å². The van der Waals surface area contributed by atoms with Gasteiger partial charge in [-0.25, -0.2) is 13.2 Å². The number of aliphatic carboxylic acids is 1. The number of amides is 2. The molecule has 2 aromatic carbocycles. The molecular formula is C27H28F3N5O8S. The molecule has 0 aliphatic carbocycles. The summed E-state index contributed by atoms with van der Waals surface area (Å²) in [5.74, 6) is -3.68. The number of hydrogen-bond donors (Lipinski definition) is 3. The molecule has 2 aliphatic rings. The summed E-state index contributed by atoms with van der Waals surface area (Å²) in [6.07, 6.45) is -3.53. The van der Waals surface area contributed by atoms with E-state index in [1.165, 1.54) is 12.5 Å². The average Bonchev–Trinajstić information content (AvgIpc) is 3.62. The number of carbonyl (C=O) groups excluding carboxylic acids is 2. The van der Waals surface area contributed by atoms with Crippen LogP contribution in [0.25, 0.3) is 11.4 Å². The number of β-amino-alcohol motifs (C(OH)–C–C–N with tert-alkyl or cyclic N) is 1. The lowest BCUT2D eigenvalue weighted by molar-refractivity contribution is -0.192. The molecule has 1 fully saturated rings. The molecule has 5 rings (SSSR count). The molecule has 3 aromatic rings. The van der Waals surface area contributed by atoms with Crippen LogP contribution in [0.5, 0.6) is 0 Å². The van der Waals surface area contributed by atoms with E-state index in [9.17, 15) is 36.3 Å². The molecule has 3 heterocycles. The van der Waals surface area contributed by atoms with E-state index in [1.807, 2.05) is 24.3 Å². The number of hydrogen-bond acceptors (Lipinski definition) is 10. The van der Waals surface area contributed by atoms with Gasteiger partial charge in [-0.3, -0.25) is 14.5 Å². The highest BCUT2D eigenvalue weighted by Gasteiger charge is 2.38. The van der Waals surface area contributed by atoms with Crippen molar-refractivity contribution in [2.75, 3.05) is 37.8 Å². The zero-order valence-electron chi connectivity index (χ0n) is 23.2. The largest absolute Gasteiger partial charge is 0.490 e. The first-order chi connectivity index (χ1) is 20.6. The van der Waals surface area contributed by atoms with Crippen LogP contribution in [0, 0.1) is 0 Å². The second kappa shape index (κ2) is 13.1. The first-order valence-corrected chi connectivity index (χ1v) is 14.8. The lowest BCUT2D eigenvalue weighted by atomic mass is 10.0. The monoisotopic (exact) mass is 639 g/mol. The molecule has 3 N–H and O–H groups in total. The number of alkyl halides is 3. The van der Waals surface area contributed by atoms with Crippen LogP contribution >= 0.6 is 0 Å². The molecular weight excluding hydrogens is 611 g/mol. The van der Waals surface area contributed by atoms with Crippen LogP contribution in [0.1, 0.15) is 23.6 Å². The fraction of sp³-hybridized carbons (Fsp3) is 0.370. The highest BCUT2D eigenvalue weighted by Crippen LogP contribution is 2.30. The lowest BCUT2D eigenvalue weighted by Crippen LogP contribution is -2.39. The number of aliphatic hydroxyl groups excluding tert-OH is 1. The number of nitrogens with zero attached hydrogens (tertiary/aromatic N) is 4. The Kier molecular flexibility index (Phi) is 9.70. The third kappa shape index (κ3) is 7.97. The number of anilines is 1. The van der Waals surface area contributed by atoms with Gasteiger partial charge in [0.25, 0.3) is 0 Å². The fourth-order valence-corrected chi connectivity index (χ4v) is 6.12. The van der Waals surface area contributed by atoms with Gasteiger partial charge in [0, 0.05) is 32.2 Å². The highest BCUT2D eigenvalue weighted by molar-refractivity contribution is 7.92. The summed E-state index contributed by atoms with van der Waals surface area (Å²) in [5.41, 5.74) is 2.41. The molecule has 1 saturated heterocycles. The number of likely N-dealkylation sites (tertiary alicyclic amines) is 1. The minimum Gasteiger partial charge on any atom is -0.475 e. The number of nitrogens with one attached hydrogen (secondary N) is 1. The van der Waals surface area contributed by atoms with Crippen LogP contribution in [-0.4, -0.2) is 101 Å². The SMILES string of the molecule is CN(C(=O)Cc1ccc2c(c1)NC(=O)CS2(=O)=O)[C@H](CN1CC[C@H](O)C1)c1cccc(-c2ncon2)c1.O=C(O)C(F)(F)F. The van der Waals surface area contributed by atoms with E-state index < -0.39 is 39.7 Å². The maximum absolute atomic E-state index is 13.5. The molecule has 2 aliphatic heterocycles. The minimum atomic E-state index is -5.08. The maximum atomic E-state index is 13.5. The van der Waals surface area contributed by atoms with E-state index in [0.717, 1.165) is 17.7 Å². The number of sulfone groups is 1. The van der Waals surface area contributed by atoms with Crippen molar-refractivity contribution in [3.63, 3.8) is 0 Å². The topological polar surface area (TPSA) is 183 Å². The number of carboxylic acid groups (broad SMARTS) is 1. The molecule has 0 spiro atoms. The zero-order valence-corrected chi connectivity index (χ0v) is 24.0. The second-order valence-electron chi connectivity index (χ2n) is 10.2. The first kappa shape index (κ1) is 32.6. The molecule has 2 amide bonds.